The van der Waals surface area contributed by atoms with Crippen LogP contribution < -0.4 is 10.5 Å². The van der Waals surface area contributed by atoms with Crippen LogP contribution in [0.25, 0.3) is 11.4 Å². The van der Waals surface area contributed by atoms with Crippen LogP contribution >= 0.6 is 0 Å². The molecule has 0 aliphatic rings. The number of rotatable bonds is 10. The smallest absolute Gasteiger partial charge is 0.315 e. The highest BCUT2D eigenvalue weighted by Crippen LogP contribution is 2.38. The molecule has 3 aromatic carbocycles. The van der Waals surface area contributed by atoms with Crippen LogP contribution in [0.2, 0.25) is 0 Å². The first-order valence-electron chi connectivity index (χ1n) is 12.1. The summed E-state index contributed by atoms with van der Waals surface area (Å²) in [5.41, 5.74) is 4.01. The number of aromatic hydroxyl groups is 3. The Morgan fingerprint density at radius 1 is 0.895 bits per heavy atom. The standard InChI is InChI=1S/C27H31N5O5S/c1-17(2)22-13-23(25(34)14-24(22)33)26-30-31-27(35)32(26)16-20-5-3-19(4-6-20)15-29-12-11-18-7-9-21(10-8-18)38(28,36)37/h3-10,13-14,17,29,33-34H,11-12,15-16H2,1-2H3,(H,31,35)(H2,28,36,37). The van der Waals surface area contributed by atoms with E-state index in [-0.39, 0.29) is 34.9 Å². The molecule has 200 valence electrons. The van der Waals surface area contributed by atoms with Gasteiger partial charge in [-0.15, -0.1) is 5.10 Å². The van der Waals surface area contributed by atoms with Crippen molar-refractivity contribution in [1.82, 2.24) is 20.1 Å². The van der Waals surface area contributed by atoms with Gasteiger partial charge in [-0.05, 0) is 59.3 Å². The van der Waals surface area contributed by atoms with Crippen molar-refractivity contribution in [3.8, 4) is 28.9 Å². The fourth-order valence-electron chi connectivity index (χ4n) is 4.13. The van der Waals surface area contributed by atoms with Crippen LogP contribution in [0.5, 0.6) is 17.5 Å². The van der Waals surface area contributed by atoms with Crippen molar-refractivity contribution < 1.29 is 23.7 Å². The van der Waals surface area contributed by atoms with E-state index in [0.717, 1.165) is 23.1 Å². The van der Waals surface area contributed by atoms with Crippen molar-refractivity contribution in [2.24, 2.45) is 5.14 Å². The molecular formula is C27H31N5O5S. The van der Waals surface area contributed by atoms with Gasteiger partial charge in [-0.1, -0.05) is 55.3 Å². The lowest BCUT2D eigenvalue weighted by Gasteiger charge is -2.14. The molecule has 6 N–H and O–H groups in total. The first kappa shape index (κ1) is 27.1. The van der Waals surface area contributed by atoms with Crippen LogP contribution in [0.4, 0.5) is 0 Å². The second-order valence-electron chi connectivity index (χ2n) is 9.42. The summed E-state index contributed by atoms with van der Waals surface area (Å²) in [6, 6.07) is 17.1. The molecule has 0 saturated carbocycles. The molecule has 0 fully saturated rings. The predicted molar refractivity (Wildman–Crippen MR) is 143 cm³/mol. The minimum atomic E-state index is -3.69. The molecule has 0 spiro atoms. The van der Waals surface area contributed by atoms with Gasteiger partial charge in [0.05, 0.1) is 17.0 Å². The second kappa shape index (κ2) is 11.2. The van der Waals surface area contributed by atoms with Gasteiger partial charge in [-0.2, -0.15) is 0 Å². The van der Waals surface area contributed by atoms with E-state index in [4.69, 9.17) is 5.14 Å². The Labute approximate surface area is 221 Å². The third-order valence-corrected chi connectivity index (χ3v) is 7.20. The van der Waals surface area contributed by atoms with Gasteiger partial charge in [0.15, 0.2) is 5.82 Å². The average molecular weight is 538 g/mol. The zero-order valence-electron chi connectivity index (χ0n) is 21.2. The molecule has 11 heteroatoms. The number of phenols is 2. The summed E-state index contributed by atoms with van der Waals surface area (Å²) in [7, 11) is -3.69. The number of sulfonamides is 1. The van der Waals surface area contributed by atoms with Gasteiger partial charge in [-0.25, -0.2) is 13.6 Å². The van der Waals surface area contributed by atoms with Crippen molar-refractivity contribution in [1.29, 1.82) is 0 Å². The first-order chi connectivity index (χ1) is 18.0. The van der Waals surface area contributed by atoms with E-state index in [9.17, 15) is 23.7 Å². The number of hydrogen-bond acceptors (Lipinski definition) is 8. The molecule has 0 radical (unpaired) electrons. The molecule has 0 bridgehead atoms. The van der Waals surface area contributed by atoms with E-state index in [1.54, 1.807) is 18.2 Å². The van der Waals surface area contributed by atoms with E-state index >= 15 is 0 Å². The summed E-state index contributed by atoms with van der Waals surface area (Å²) in [6.07, 6.45) is 0.737. The Balaban J connectivity index is 1.38. The lowest BCUT2D eigenvalue weighted by Crippen LogP contribution is -2.17. The van der Waals surface area contributed by atoms with Gasteiger partial charge in [0, 0.05) is 12.6 Å². The maximum Gasteiger partial charge on any atom is 0.315 e. The molecule has 0 unspecified atom stereocenters. The Kier molecular flexibility index (Phi) is 8.00. The fraction of sp³-hybridized carbons (Fsp3) is 0.259. The summed E-state index contributed by atoms with van der Waals surface area (Å²) in [6.45, 7) is 5.51. The molecular weight excluding hydrogens is 506 g/mol. The number of benzene rings is 3. The van der Waals surface area contributed by atoms with Crippen LogP contribution in [0, 0.1) is 0 Å². The molecule has 4 aromatic rings. The summed E-state index contributed by atoms with van der Waals surface area (Å²) in [4.78, 5) is 0.0985. The fourth-order valence-corrected chi connectivity index (χ4v) is 4.65. The van der Waals surface area contributed by atoms with Crippen molar-refractivity contribution in [3.63, 3.8) is 0 Å². The van der Waals surface area contributed by atoms with E-state index in [0.29, 0.717) is 30.0 Å². The molecule has 0 atom stereocenters. The lowest BCUT2D eigenvalue weighted by atomic mass is 9.98. The summed E-state index contributed by atoms with van der Waals surface area (Å²) in [5, 5.41) is 47.3. The maximum absolute atomic E-state index is 11.4. The molecule has 0 amide bonds. The number of hydrogen-bond donors (Lipinski definition) is 5. The molecule has 1 heterocycles. The van der Waals surface area contributed by atoms with Crippen LogP contribution in [0.1, 0.15) is 42.0 Å². The summed E-state index contributed by atoms with van der Waals surface area (Å²) in [5.74, 6) is 0.170. The SMILES string of the molecule is CC(C)c1cc(-c2nnc(O)n2Cc2ccc(CNCCc3ccc(S(N)(=O)=O)cc3)cc2)c(O)cc1O. The number of nitrogens with two attached hydrogens (primary N) is 1. The highest BCUT2D eigenvalue weighted by molar-refractivity contribution is 7.89. The second-order valence-corrected chi connectivity index (χ2v) is 11.0. The van der Waals surface area contributed by atoms with Crippen molar-refractivity contribution >= 4 is 10.0 Å². The van der Waals surface area contributed by atoms with E-state index in [2.05, 4.69) is 15.5 Å². The predicted octanol–water partition coefficient (Wildman–Crippen LogP) is 3.21. The van der Waals surface area contributed by atoms with Gasteiger partial charge in [0.25, 0.3) is 0 Å². The van der Waals surface area contributed by atoms with Gasteiger partial charge >= 0.3 is 6.01 Å². The third kappa shape index (κ3) is 6.31. The maximum atomic E-state index is 11.4. The number of aromatic nitrogens is 3. The Morgan fingerprint density at radius 2 is 1.53 bits per heavy atom. The van der Waals surface area contributed by atoms with Crippen LogP contribution in [0.15, 0.2) is 65.6 Å². The quantitative estimate of drug-likeness (QED) is 0.193. The Bertz CT molecular complexity index is 1510. The van der Waals surface area contributed by atoms with E-state index < -0.39 is 10.0 Å². The number of nitrogens with one attached hydrogen (secondary N) is 1. The minimum absolute atomic E-state index is 0.000638. The lowest BCUT2D eigenvalue weighted by molar-refractivity contribution is 0.404. The minimum Gasteiger partial charge on any atom is -0.508 e. The zero-order valence-corrected chi connectivity index (χ0v) is 22.0. The molecule has 38 heavy (non-hydrogen) atoms. The largest absolute Gasteiger partial charge is 0.508 e. The Morgan fingerprint density at radius 3 is 2.16 bits per heavy atom. The molecule has 4 rings (SSSR count). The first-order valence-corrected chi connectivity index (χ1v) is 13.7. The highest BCUT2D eigenvalue weighted by atomic mass is 32.2. The van der Waals surface area contributed by atoms with Gasteiger partial charge < -0.3 is 20.6 Å². The molecule has 1 aromatic heterocycles. The van der Waals surface area contributed by atoms with Gasteiger partial charge in [0.1, 0.15) is 11.5 Å². The molecule has 0 aliphatic carbocycles. The number of primary sulfonamides is 1. The average Bonchev–Trinajstić information content (AvgIpc) is 3.22. The highest BCUT2D eigenvalue weighted by Gasteiger charge is 2.20. The summed E-state index contributed by atoms with van der Waals surface area (Å²) < 4.78 is 24.2. The molecule has 0 saturated heterocycles. The van der Waals surface area contributed by atoms with Gasteiger partial charge in [-0.3, -0.25) is 4.57 Å². The Hall–Kier alpha value is -3.93. The number of nitrogens with zero attached hydrogens (tertiary/aromatic N) is 3. The zero-order chi connectivity index (χ0) is 27.4. The molecule has 10 nitrogen and oxygen atoms in total. The third-order valence-electron chi connectivity index (χ3n) is 6.27. The van der Waals surface area contributed by atoms with E-state index in [1.165, 1.54) is 22.8 Å². The topological polar surface area (TPSA) is 164 Å². The van der Waals surface area contributed by atoms with Crippen LogP contribution in [-0.4, -0.2) is 45.0 Å². The molecule has 0 aliphatic heterocycles. The monoisotopic (exact) mass is 537 g/mol. The van der Waals surface area contributed by atoms with Gasteiger partial charge in [0.2, 0.25) is 10.0 Å². The van der Waals surface area contributed by atoms with Crippen LogP contribution in [0.3, 0.4) is 0 Å². The number of phenolic OH excluding ortho intramolecular Hbond substituents is 2. The van der Waals surface area contributed by atoms with Crippen molar-refractivity contribution in [2.45, 2.75) is 44.2 Å². The van der Waals surface area contributed by atoms with Crippen LogP contribution in [-0.2, 0) is 29.5 Å². The van der Waals surface area contributed by atoms with Crippen molar-refractivity contribution in [3.05, 3.63) is 82.9 Å². The summed E-state index contributed by atoms with van der Waals surface area (Å²) >= 11 is 0. The van der Waals surface area contributed by atoms with E-state index in [1.807, 2.05) is 38.1 Å². The normalized spacial score (nSPS) is 11.8. The van der Waals surface area contributed by atoms with Crippen molar-refractivity contribution in [2.75, 3.05) is 6.54 Å².